The van der Waals surface area contributed by atoms with Crippen molar-refractivity contribution in [3.63, 3.8) is 0 Å². The van der Waals surface area contributed by atoms with E-state index in [9.17, 15) is 4.79 Å². The van der Waals surface area contributed by atoms with Crippen LogP contribution in [0.25, 0.3) is 0 Å². The summed E-state index contributed by atoms with van der Waals surface area (Å²) in [7, 11) is 0. The highest BCUT2D eigenvalue weighted by Crippen LogP contribution is 2.16. The van der Waals surface area contributed by atoms with E-state index in [0.29, 0.717) is 13.0 Å². The Bertz CT molecular complexity index is 509. The predicted octanol–water partition coefficient (Wildman–Crippen LogP) is 6.61. The molecular weight excluding hydrogens is 380 g/mol. The highest BCUT2D eigenvalue weighted by Gasteiger charge is 2.13. The monoisotopic (exact) mass is 422 g/mol. The molecule has 2 unspecified atom stereocenters. The van der Waals surface area contributed by atoms with Gasteiger partial charge in [-0.25, -0.2) is 0 Å². The summed E-state index contributed by atoms with van der Waals surface area (Å²) >= 11 is 6.30. The molecule has 0 spiro atoms. The summed E-state index contributed by atoms with van der Waals surface area (Å²) < 4.78 is 0. The Labute approximate surface area is 184 Å². The fraction of sp³-hybridized carbons (Fsp3) is 0.720. The summed E-state index contributed by atoms with van der Waals surface area (Å²) in [6.07, 6.45) is 17.8. The van der Waals surface area contributed by atoms with E-state index in [-0.39, 0.29) is 17.2 Å². The van der Waals surface area contributed by atoms with Gasteiger partial charge in [0.05, 0.1) is 0 Å². The van der Waals surface area contributed by atoms with E-state index in [4.69, 9.17) is 23.1 Å². The first-order valence-corrected chi connectivity index (χ1v) is 12.3. The van der Waals surface area contributed by atoms with Crippen molar-refractivity contribution in [2.24, 2.45) is 11.5 Å². The van der Waals surface area contributed by atoms with E-state index in [2.05, 4.69) is 0 Å². The molecule has 4 heteroatoms. The number of carbonyl (C=O) groups is 1. The SMILES string of the molecule is NCCC(N)C(Cl)CCCCCCCCCCCCCCC(=O)c1ccccc1. The number of rotatable bonds is 19. The molecule has 0 saturated carbocycles. The normalized spacial score (nSPS) is 13.3. The first-order valence-electron chi connectivity index (χ1n) is 11.8. The Hall–Kier alpha value is -0.900. The number of ketones is 1. The minimum absolute atomic E-state index is 0.0472. The van der Waals surface area contributed by atoms with Gasteiger partial charge in [0.25, 0.3) is 0 Å². The Balaban J connectivity index is 1.81. The molecule has 0 amide bonds. The Morgan fingerprint density at radius 1 is 0.759 bits per heavy atom. The number of halogens is 1. The van der Waals surface area contributed by atoms with E-state index >= 15 is 0 Å². The molecule has 1 rings (SSSR count). The fourth-order valence-electron chi connectivity index (χ4n) is 3.75. The van der Waals surface area contributed by atoms with E-state index in [1.165, 1.54) is 70.6 Å². The van der Waals surface area contributed by atoms with Crippen molar-refractivity contribution in [3.05, 3.63) is 35.9 Å². The van der Waals surface area contributed by atoms with Gasteiger partial charge in [-0.05, 0) is 25.8 Å². The van der Waals surface area contributed by atoms with Crippen LogP contribution < -0.4 is 11.5 Å². The molecule has 0 aromatic heterocycles. The summed E-state index contributed by atoms with van der Waals surface area (Å²) in [5.74, 6) is 0.283. The molecule has 3 nitrogen and oxygen atoms in total. The zero-order chi connectivity index (χ0) is 21.2. The Morgan fingerprint density at radius 2 is 1.24 bits per heavy atom. The van der Waals surface area contributed by atoms with Crippen LogP contribution in [0.3, 0.4) is 0 Å². The van der Waals surface area contributed by atoms with Gasteiger partial charge in [0.1, 0.15) is 0 Å². The zero-order valence-corrected chi connectivity index (χ0v) is 19.1. The summed E-state index contributed by atoms with van der Waals surface area (Å²) in [6, 6.07) is 9.69. The molecule has 0 aliphatic carbocycles. The molecule has 1 aromatic rings. The molecule has 0 fully saturated rings. The highest BCUT2D eigenvalue weighted by molar-refractivity contribution is 6.21. The van der Waals surface area contributed by atoms with Gasteiger partial charge >= 0.3 is 0 Å². The van der Waals surface area contributed by atoms with Crippen molar-refractivity contribution in [1.82, 2.24) is 0 Å². The molecule has 0 radical (unpaired) electrons. The second-order valence-corrected chi connectivity index (χ2v) is 8.89. The van der Waals surface area contributed by atoms with Crippen LogP contribution in [-0.2, 0) is 0 Å². The van der Waals surface area contributed by atoms with Crippen LogP contribution in [0.4, 0.5) is 0 Å². The second-order valence-electron chi connectivity index (χ2n) is 8.33. The Morgan fingerprint density at radius 3 is 1.76 bits per heavy atom. The molecule has 0 saturated heterocycles. The first-order chi connectivity index (χ1) is 14.1. The second kappa shape index (κ2) is 17.9. The number of alkyl halides is 1. The maximum atomic E-state index is 12.0. The van der Waals surface area contributed by atoms with Crippen molar-refractivity contribution in [1.29, 1.82) is 0 Å². The van der Waals surface area contributed by atoms with Gasteiger partial charge in [-0.15, -0.1) is 11.6 Å². The van der Waals surface area contributed by atoms with Crippen molar-refractivity contribution < 1.29 is 4.79 Å². The summed E-state index contributed by atoms with van der Waals surface area (Å²) in [4.78, 5) is 12.0. The standard InChI is InChI=1S/C25H43ClN2O/c26-23(24(28)20-21-27)18-14-9-7-5-3-1-2-4-6-8-10-15-19-25(29)22-16-12-11-13-17-22/h11-13,16-17,23-24H,1-10,14-15,18-21,27-28H2. The minimum Gasteiger partial charge on any atom is -0.330 e. The average Bonchev–Trinajstić information content (AvgIpc) is 2.74. The lowest BCUT2D eigenvalue weighted by molar-refractivity contribution is 0.0979. The van der Waals surface area contributed by atoms with Crippen molar-refractivity contribution in [3.8, 4) is 0 Å². The molecule has 2 atom stereocenters. The van der Waals surface area contributed by atoms with E-state index in [0.717, 1.165) is 24.8 Å². The lowest BCUT2D eigenvalue weighted by Gasteiger charge is -2.16. The van der Waals surface area contributed by atoms with Crippen LogP contribution in [0.2, 0.25) is 0 Å². The average molecular weight is 423 g/mol. The molecule has 4 N–H and O–H groups in total. The minimum atomic E-state index is 0.0472. The third-order valence-corrected chi connectivity index (χ3v) is 6.24. The molecule has 29 heavy (non-hydrogen) atoms. The lowest BCUT2D eigenvalue weighted by atomic mass is 10.0. The quantitative estimate of drug-likeness (QED) is 0.149. The van der Waals surface area contributed by atoms with Gasteiger partial charge in [-0.3, -0.25) is 4.79 Å². The van der Waals surface area contributed by atoms with Gasteiger partial charge in [0.15, 0.2) is 5.78 Å². The third kappa shape index (κ3) is 13.9. The van der Waals surface area contributed by atoms with Gasteiger partial charge in [-0.1, -0.05) is 101 Å². The van der Waals surface area contributed by atoms with Gasteiger partial charge < -0.3 is 11.5 Å². The number of unbranched alkanes of at least 4 members (excludes halogenated alkanes) is 11. The number of nitrogens with two attached hydrogens (primary N) is 2. The van der Waals surface area contributed by atoms with Crippen LogP contribution >= 0.6 is 11.6 Å². The molecular formula is C25H43ClN2O. The van der Waals surface area contributed by atoms with Crippen molar-refractivity contribution in [2.45, 2.75) is 108 Å². The number of Topliss-reactive ketones (excluding diaryl/α,β-unsaturated/α-hetero) is 1. The lowest BCUT2D eigenvalue weighted by Crippen LogP contribution is -2.33. The van der Waals surface area contributed by atoms with Crippen LogP contribution in [-0.4, -0.2) is 23.7 Å². The number of hydrogen-bond donors (Lipinski definition) is 2. The van der Waals surface area contributed by atoms with E-state index in [1.54, 1.807) is 0 Å². The molecule has 166 valence electrons. The van der Waals surface area contributed by atoms with Gasteiger partial charge in [0.2, 0.25) is 0 Å². The topological polar surface area (TPSA) is 69.1 Å². The summed E-state index contributed by atoms with van der Waals surface area (Å²) in [5.41, 5.74) is 12.4. The van der Waals surface area contributed by atoms with Crippen LogP contribution in [0.15, 0.2) is 30.3 Å². The molecule has 1 aromatic carbocycles. The molecule has 0 aliphatic heterocycles. The van der Waals surface area contributed by atoms with Crippen LogP contribution in [0.5, 0.6) is 0 Å². The van der Waals surface area contributed by atoms with Crippen molar-refractivity contribution in [2.75, 3.05) is 6.54 Å². The molecule has 0 bridgehead atoms. The van der Waals surface area contributed by atoms with E-state index < -0.39 is 0 Å². The summed E-state index contributed by atoms with van der Waals surface area (Å²) in [6.45, 7) is 0.623. The number of hydrogen-bond acceptors (Lipinski definition) is 3. The third-order valence-electron chi connectivity index (χ3n) is 5.69. The number of carbonyl (C=O) groups excluding carboxylic acids is 1. The van der Waals surface area contributed by atoms with Gasteiger partial charge in [0, 0.05) is 23.4 Å². The number of benzene rings is 1. The first kappa shape index (κ1) is 26.1. The molecule has 0 aliphatic rings. The Kier molecular flexibility index (Phi) is 16.1. The van der Waals surface area contributed by atoms with Crippen LogP contribution in [0.1, 0.15) is 107 Å². The highest BCUT2D eigenvalue weighted by atomic mass is 35.5. The summed E-state index contributed by atoms with van der Waals surface area (Å²) in [5, 5.41) is 0.0787. The van der Waals surface area contributed by atoms with Crippen LogP contribution in [0, 0.1) is 0 Å². The smallest absolute Gasteiger partial charge is 0.162 e. The largest absolute Gasteiger partial charge is 0.330 e. The predicted molar refractivity (Wildman–Crippen MR) is 127 cm³/mol. The molecule has 0 heterocycles. The van der Waals surface area contributed by atoms with Gasteiger partial charge in [-0.2, -0.15) is 0 Å². The zero-order valence-electron chi connectivity index (χ0n) is 18.3. The maximum absolute atomic E-state index is 12.0. The fourth-order valence-corrected chi connectivity index (χ4v) is 4.03. The van der Waals surface area contributed by atoms with Crippen molar-refractivity contribution >= 4 is 17.4 Å². The maximum Gasteiger partial charge on any atom is 0.162 e. The van der Waals surface area contributed by atoms with E-state index in [1.807, 2.05) is 30.3 Å².